The number of hydrogen-bond donors (Lipinski definition) is 3. The summed E-state index contributed by atoms with van der Waals surface area (Å²) >= 11 is 0. The minimum Gasteiger partial charge on any atom is -0.465 e. The van der Waals surface area contributed by atoms with E-state index in [4.69, 9.17) is 5.11 Å². The van der Waals surface area contributed by atoms with Crippen molar-refractivity contribution < 1.29 is 14.7 Å². The summed E-state index contributed by atoms with van der Waals surface area (Å²) in [7, 11) is 1.63. The molecule has 0 aliphatic heterocycles. The summed E-state index contributed by atoms with van der Waals surface area (Å²) in [6.45, 7) is 0. The molecule has 1 aromatic heterocycles. The molecule has 74 valence electrons. The highest BCUT2D eigenvalue weighted by Crippen LogP contribution is 1.98. The van der Waals surface area contributed by atoms with E-state index in [1.54, 1.807) is 12.4 Å². The lowest BCUT2D eigenvalue weighted by Gasteiger charge is -2.00. The van der Waals surface area contributed by atoms with Crippen LogP contribution in [0.25, 0.3) is 0 Å². The summed E-state index contributed by atoms with van der Waals surface area (Å²) in [5, 5.41) is 12.6. The van der Waals surface area contributed by atoms with Crippen molar-refractivity contribution in [3.8, 4) is 0 Å². The Hall–Kier alpha value is -2.18. The maximum absolute atomic E-state index is 11.1. The Balaban J connectivity index is 2.76. The van der Waals surface area contributed by atoms with E-state index in [0.29, 0.717) is 5.95 Å². The zero-order chi connectivity index (χ0) is 10.6. The van der Waals surface area contributed by atoms with Crippen LogP contribution in [-0.4, -0.2) is 34.1 Å². The molecule has 0 saturated carbocycles. The Morgan fingerprint density at radius 3 is 2.36 bits per heavy atom. The molecule has 0 aliphatic carbocycles. The Morgan fingerprint density at radius 1 is 1.36 bits per heavy atom. The first-order chi connectivity index (χ1) is 6.63. The number of aromatic nitrogens is 2. The van der Waals surface area contributed by atoms with Gasteiger partial charge in [-0.25, -0.2) is 14.8 Å². The van der Waals surface area contributed by atoms with Crippen LogP contribution >= 0.6 is 0 Å². The van der Waals surface area contributed by atoms with Gasteiger partial charge < -0.3 is 10.4 Å². The molecular weight excluding hydrogens is 188 g/mol. The van der Waals surface area contributed by atoms with E-state index < -0.39 is 12.0 Å². The maximum atomic E-state index is 11.1. The quantitative estimate of drug-likeness (QED) is 0.611. The van der Waals surface area contributed by atoms with E-state index in [2.05, 4.69) is 15.3 Å². The molecule has 0 radical (unpaired) electrons. The number of rotatable bonds is 2. The molecule has 0 aliphatic rings. The summed E-state index contributed by atoms with van der Waals surface area (Å²) in [4.78, 5) is 28.7. The normalized spacial score (nSPS) is 9.21. The zero-order valence-electron chi connectivity index (χ0n) is 7.31. The number of nitrogens with zero attached hydrogens (tertiary/aromatic N) is 2. The van der Waals surface area contributed by atoms with Crippen molar-refractivity contribution in [1.82, 2.24) is 15.3 Å². The van der Waals surface area contributed by atoms with E-state index in [-0.39, 0.29) is 5.56 Å². The van der Waals surface area contributed by atoms with Crippen LogP contribution in [0.1, 0.15) is 10.4 Å². The van der Waals surface area contributed by atoms with Crippen LogP contribution in [0.5, 0.6) is 0 Å². The van der Waals surface area contributed by atoms with Crippen LogP contribution < -0.4 is 10.6 Å². The summed E-state index contributed by atoms with van der Waals surface area (Å²) < 4.78 is 0. The third kappa shape index (κ3) is 2.41. The lowest BCUT2D eigenvalue weighted by Crippen LogP contribution is -2.28. The number of amides is 2. The average Bonchev–Trinajstić information content (AvgIpc) is 2.17. The third-order valence-corrected chi connectivity index (χ3v) is 1.36. The van der Waals surface area contributed by atoms with Crippen molar-refractivity contribution in [2.45, 2.75) is 0 Å². The first-order valence-corrected chi connectivity index (χ1v) is 3.67. The molecule has 0 bridgehead atoms. The van der Waals surface area contributed by atoms with Crippen molar-refractivity contribution in [2.75, 3.05) is 12.4 Å². The number of imide groups is 1. The van der Waals surface area contributed by atoms with Crippen LogP contribution in [0.4, 0.5) is 10.7 Å². The second kappa shape index (κ2) is 4.17. The highest BCUT2D eigenvalue weighted by atomic mass is 16.4. The van der Waals surface area contributed by atoms with Gasteiger partial charge in [0.25, 0.3) is 5.91 Å². The standard InChI is InChI=1S/C7H8N4O3/c1-8-6-9-2-4(3-10-6)5(12)11-7(13)14/h2-3H,1H3,(H,11,12)(H,13,14)(H,8,9,10). The minimum absolute atomic E-state index is 0.0893. The molecule has 7 heteroatoms. The monoisotopic (exact) mass is 196 g/mol. The molecule has 14 heavy (non-hydrogen) atoms. The number of anilines is 1. The number of carbonyl (C=O) groups is 2. The van der Waals surface area contributed by atoms with Gasteiger partial charge in [0.2, 0.25) is 5.95 Å². The number of carbonyl (C=O) groups excluding carboxylic acids is 1. The molecule has 0 saturated heterocycles. The lowest BCUT2D eigenvalue weighted by molar-refractivity contribution is 0.0947. The van der Waals surface area contributed by atoms with Gasteiger partial charge in [-0.2, -0.15) is 0 Å². The molecule has 1 heterocycles. The van der Waals surface area contributed by atoms with Crippen LogP contribution in [-0.2, 0) is 0 Å². The fourth-order valence-electron chi connectivity index (χ4n) is 0.744. The van der Waals surface area contributed by atoms with Crippen molar-refractivity contribution in [3.63, 3.8) is 0 Å². The van der Waals surface area contributed by atoms with Crippen LogP contribution in [0, 0.1) is 0 Å². The fourth-order valence-corrected chi connectivity index (χ4v) is 0.744. The molecule has 1 rings (SSSR count). The molecule has 0 spiro atoms. The first-order valence-electron chi connectivity index (χ1n) is 3.67. The van der Waals surface area contributed by atoms with Crippen molar-refractivity contribution in [1.29, 1.82) is 0 Å². The predicted molar refractivity (Wildman–Crippen MR) is 47.1 cm³/mol. The molecule has 1 aromatic rings. The maximum Gasteiger partial charge on any atom is 0.411 e. The summed E-state index contributed by atoms with van der Waals surface area (Å²) in [5.41, 5.74) is 0.0893. The SMILES string of the molecule is CNc1ncc(C(=O)NC(=O)O)cn1. The smallest absolute Gasteiger partial charge is 0.411 e. The second-order valence-corrected chi connectivity index (χ2v) is 2.30. The van der Waals surface area contributed by atoms with E-state index in [1.165, 1.54) is 12.4 Å². The molecule has 0 aromatic carbocycles. The zero-order valence-corrected chi connectivity index (χ0v) is 7.31. The summed E-state index contributed by atoms with van der Waals surface area (Å²) in [5.74, 6) is -0.392. The topological polar surface area (TPSA) is 104 Å². The molecule has 2 amide bonds. The summed E-state index contributed by atoms with van der Waals surface area (Å²) in [6, 6.07) is 0. The van der Waals surface area contributed by atoms with Gasteiger partial charge >= 0.3 is 6.09 Å². The van der Waals surface area contributed by atoms with Gasteiger partial charge in [0.1, 0.15) is 0 Å². The van der Waals surface area contributed by atoms with Gasteiger partial charge in [-0.1, -0.05) is 0 Å². The number of carboxylic acid groups (broad SMARTS) is 1. The van der Waals surface area contributed by atoms with Gasteiger partial charge in [0, 0.05) is 19.4 Å². The largest absolute Gasteiger partial charge is 0.465 e. The van der Waals surface area contributed by atoms with Crippen LogP contribution in [0.2, 0.25) is 0 Å². The molecule has 3 N–H and O–H groups in total. The highest BCUT2D eigenvalue weighted by molar-refractivity contribution is 6.02. The second-order valence-electron chi connectivity index (χ2n) is 2.30. The molecule has 0 unspecified atom stereocenters. The Morgan fingerprint density at radius 2 is 1.93 bits per heavy atom. The molecular formula is C7H8N4O3. The van der Waals surface area contributed by atoms with Gasteiger partial charge in [-0.05, 0) is 0 Å². The molecule has 0 fully saturated rings. The Labute approximate surface area is 79.2 Å². The third-order valence-electron chi connectivity index (χ3n) is 1.36. The van der Waals surface area contributed by atoms with E-state index in [1.807, 2.05) is 0 Å². The van der Waals surface area contributed by atoms with Gasteiger partial charge in [-0.3, -0.25) is 10.1 Å². The molecule has 0 atom stereocenters. The van der Waals surface area contributed by atoms with Gasteiger partial charge in [-0.15, -0.1) is 0 Å². The Bertz CT molecular complexity index is 348. The Kier molecular flexibility index (Phi) is 2.95. The van der Waals surface area contributed by atoms with Gasteiger partial charge in [0.15, 0.2) is 0 Å². The summed E-state index contributed by atoms with van der Waals surface area (Å²) in [6.07, 6.45) is 1.06. The average molecular weight is 196 g/mol. The number of nitrogens with one attached hydrogen (secondary N) is 2. The minimum atomic E-state index is -1.41. The predicted octanol–water partition coefficient (Wildman–Crippen LogP) is -0.0739. The van der Waals surface area contributed by atoms with E-state index >= 15 is 0 Å². The van der Waals surface area contributed by atoms with Gasteiger partial charge in [0.05, 0.1) is 5.56 Å². The van der Waals surface area contributed by atoms with Crippen molar-refractivity contribution in [3.05, 3.63) is 18.0 Å². The van der Waals surface area contributed by atoms with E-state index in [9.17, 15) is 9.59 Å². The highest BCUT2D eigenvalue weighted by Gasteiger charge is 2.09. The van der Waals surface area contributed by atoms with Crippen molar-refractivity contribution >= 4 is 17.9 Å². The van der Waals surface area contributed by atoms with Crippen molar-refractivity contribution in [2.24, 2.45) is 0 Å². The molecule has 7 nitrogen and oxygen atoms in total. The van der Waals surface area contributed by atoms with E-state index in [0.717, 1.165) is 0 Å². The first kappa shape index (κ1) is 9.90. The van der Waals surface area contributed by atoms with Crippen LogP contribution in [0.3, 0.4) is 0 Å². The number of hydrogen-bond acceptors (Lipinski definition) is 5. The van der Waals surface area contributed by atoms with Crippen LogP contribution in [0.15, 0.2) is 12.4 Å². The fraction of sp³-hybridized carbons (Fsp3) is 0.143. The lowest BCUT2D eigenvalue weighted by atomic mass is 10.3.